The zero-order chi connectivity index (χ0) is 14.8. The molecule has 0 spiro atoms. The summed E-state index contributed by atoms with van der Waals surface area (Å²) in [5, 5.41) is 29.8. The molecule has 2 rings (SSSR count). The van der Waals surface area contributed by atoms with Gasteiger partial charge in [-0.3, -0.25) is 4.79 Å². The van der Waals surface area contributed by atoms with Gasteiger partial charge in [0.05, 0.1) is 0 Å². The van der Waals surface area contributed by atoms with Crippen LogP contribution >= 0.6 is 0 Å². The van der Waals surface area contributed by atoms with E-state index >= 15 is 0 Å². The van der Waals surface area contributed by atoms with E-state index in [1.54, 1.807) is 43.3 Å². The maximum Gasteiger partial charge on any atom is 0.318 e. The minimum Gasteiger partial charge on any atom is -0.508 e. The molecule has 0 unspecified atom stereocenters. The highest BCUT2D eigenvalue weighted by molar-refractivity contribution is 5.88. The lowest BCUT2D eigenvalue weighted by atomic mass is 9.71. The Morgan fingerprint density at radius 3 is 1.65 bits per heavy atom. The summed E-state index contributed by atoms with van der Waals surface area (Å²) < 4.78 is 0. The Morgan fingerprint density at radius 1 is 0.950 bits per heavy atom. The first-order valence-corrected chi connectivity index (χ1v) is 6.34. The van der Waals surface area contributed by atoms with Crippen LogP contribution in [0.3, 0.4) is 0 Å². The second-order valence-electron chi connectivity index (χ2n) is 4.60. The number of aromatic hydroxyl groups is 2. The Balaban J connectivity index is 2.80. The summed E-state index contributed by atoms with van der Waals surface area (Å²) in [4.78, 5) is 11.9. The number of hydrogen-bond donors (Lipinski definition) is 3. The molecule has 2 aromatic carbocycles. The summed E-state index contributed by atoms with van der Waals surface area (Å²) in [6, 6.07) is 12.6. The van der Waals surface area contributed by atoms with E-state index in [2.05, 4.69) is 0 Å². The molecule has 0 aliphatic carbocycles. The van der Waals surface area contributed by atoms with Crippen LogP contribution in [0.2, 0.25) is 0 Å². The van der Waals surface area contributed by atoms with Gasteiger partial charge in [0.2, 0.25) is 0 Å². The Bertz CT molecular complexity index is 588. The quantitative estimate of drug-likeness (QED) is 0.799. The summed E-state index contributed by atoms with van der Waals surface area (Å²) in [5.74, 6) is -1.30. The van der Waals surface area contributed by atoms with Gasteiger partial charge in [-0.2, -0.15) is 0 Å². The van der Waals surface area contributed by atoms with Crippen molar-refractivity contribution in [1.29, 1.82) is 0 Å². The SMILES string of the molecule is CCC(C(=O)O)(c1ccccc1O)c1ccccc1O. The minimum absolute atomic E-state index is 0.0972. The van der Waals surface area contributed by atoms with Gasteiger partial charge >= 0.3 is 5.97 Å². The second kappa shape index (κ2) is 5.25. The van der Waals surface area contributed by atoms with Crippen LogP contribution in [0.1, 0.15) is 24.5 Å². The molecule has 0 saturated heterocycles. The molecule has 104 valence electrons. The van der Waals surface area contributed by atoms with E-state index < -0.39 is 11.4 Å². The van der Waals surface area contributed by atoms with Gasteiger partial charge in [0.25, 0.3) is 0 Å². The van der Waals surface area contributed by atoms with Gasteiger partial charge in [-0.05, 0) is 18.6 Å². The molecular formula is C16H16O4. The third-order valence-electron chi connectivity index (χ3n) is 3.62. The fourth-order valence-corrected chi connectivity index (χ4v) is 2.58. The second-order valence-corrected chi connectivity index (χ2v) is 4.60. The average molecular weight is 272 g/mol. The summed E-state index contributed by atoms with van der Waals surface area (Å²) >= 11 is 0. The molecule has 0 aliphatic heterocycles. The van der Waals surface area contributed by atoms with Crippen molar-refractivity contribution in [3.8, 4) is 11.5 Å². The topological polar surface area (TPSA) is 77.8 Å². The van der Waals surface area contributed by atoms with Gasteiger partial charge in [-0.15, -0.1) is 0 Å². The van der Waals surface area contributed by atoms with Gasteiger partial charge < -0.3 is 15.3 Å². The number of aliphatic carboxylic acids is 1. The first-order chi connectivity index (χ1) is 9.54. The number of rotatable bonds is 4. The molecule has 4 nitrogen and oxygen atoms in total. The average Bonchev–Trinajstić information content (AvgIpc) is 2.43. The maximum absolute atomic E-state index is 11.9. The van der Waals surface area contributed by atoms with E-state index in [1.165, 1.54) is 12.1 Å². The summed E-state index contributed by atoms with van der Waals surface area (Å²) in [6.07, 6.45) is 0.206. The Hall–Kier alpha value is -2.49. The van der Waals surface area contributed by atoms with Crippen molar-refractivity contribution >= 4 is 5.97 Å². The molecule has 0 atom stereocenters. The fraction of sp³-hybridized carbons (Fsp3) is 0.188. The Labute approximate surface area is 116 Å². The number of para-hydroxylation sites is 2. The molecule has 2 aromatic rings. The van der Waals surface area contributed by atoms with E-state index in [0.29, 0.717) is 0 Å². The Morgan fingerprint density at radius 2 is 1.35 bits per heavy atom. The normalized spacial score (nSPS) is 11.2. The molecule has 0 radical (unpaired) electrons. The zero-order valence-corrected chi connectivity index (χ0v) is 11.1. The number of phenols is 2. The minimum atomic E-state index is -1.48. The molecular weight excluding hydrogens is 256 g/mol. The van der Waals surface area contributed by atoms with Crippen LogP contribution in [0, 0.1) is 0 Å². The number of benzene rings is 2. The predicted molar refractivity (Wildman–Crippen MR) is 74.9 cm³/mol. The van der Waals surface area contributed by atoms with E-state index in [0.717, 1.165) is 0 Å². The van der Waals surface area contributed by atoms with Crippen LogP contribution < -0.4 is 0 Å². The molecule has 0 aliphatic rings. The first-order valence-electron chi connectivity index (χ1n) is 6.34. The van der Waals surface area contributed by atoms with Gasteiger partial charge in [-0.25, -0.2) is 0 Å². The van der Waals surface area contributed by atoms with Crippen LogP contribution in [0.15, 0.2) is 48.5 Å². The van der Waals surface area contributed by atoms with Crippen molar-refractivity contribution in [1.82, 2.24) is 0 Å². The van der Waals surface area contributed by atoms with Crippen molar-refractivity contribution in [2.75, 3.05) is 0 Å². The zero-order valence-electron chi connectivity index (χ0n) is 11.1. The third kappa shape index (κ3) is 1.99. The van der Waals surface area contributed by atoms with Crippen molar-refractivity contribution in [3.05, 3.63) is 59.7 Å². The lowest BCUT2D eigenvalue weighted by Crippen LogP contribution is -2.36. The van der Waals surface area contributed by atoms with E-state index in [1.807, 2.05) is 0 Å². The number of hydrogen-bond acceptors (Lipinski definition) is 3. The highest BCUT2D eigenvalue weighted by Crippen LogP contribution is 2.43. The van der Waals surface area contributed by atoms with E-state index in [4.69, 9.17) is 0 Å². The predicted octanol–water partition coefficient (Wildman–Crippen LogP) is 2.88. The number of carboxylic acids is 1. The highest BCUT2D eigenvalue weighted by Gasteiger charge is 2.44. The van der Waals surface area contributed by atoms with Crippen molar-refractivity contribution in [2.24, 2.45) is 0 Å². The maximum atomic E-state index is 11.9. The van der Waals surface area contributed by atoms with E-state index in [9.17, 15) is 20.1 Å². The van der Waals surface area contributed by atoms with Crippen LogP contribution in [-0.4, -0.2) is 21.3 Å². The lowest BCUT2D eigenvalue weighted by molar-refractivity contribution is -0.142. The van der Waals surface area contributed by atoms with Crippen molar-refractivity contribution in [2.45, 2.75) is 18.8 Å². The van der Waals surface area contributed by atoms with Gasteiger partial charge in [0.15, 0.2) is 0 Å². The summed E-state index contributed by atoms with van der Waals surface area (Å²) in [6.45, 7) is 1.72. The lowest BCUT2D eigenvalue weighted by Gasteiger charge is -2.30. The van der Waals surface area contributed by atoms with Crippen LogP contribution in [-0.2, 0) is 10.2 Å². The monoisotopic (exact) mass is 272 g/mol. The van der Waals surface area contributed by atoms with Gasteiger partial charge in [0.1, 0.15) is 16.9 Å². The number of phenolic OH excluding ortho intramolecular Hbond substituents is 2. The highest BCUT2D eigenvalue weighted by atomic mass is 16.4. The first kappa shape index (κ1) is 13.9. The van der Waals surface area contributed by atoms with Crippen LogP contribution in [0.5, 0.6) is 11.5 Å². The molecule has 20 heavy (non-hydrogen) atoms. The molecule has 0 saturated carbocycles. The largest absolute Gasteiger partial charge is 0.508 e. The Kier molecular flexibility index (Phi) is 3.66. The molecule has 3 N–H and O–H groups in total. The van der Waals surface area contributed by atoms with E-state index in [-0.39, 0.29) is 29.0 Å². The molecule has 0 heterocycles. The smallest absolute Gasteiger partial charge is 0.318 e. The van der Waals surface area contributed by atoms with Crippen LogP contribution in [0.25, 0.3) is 0 Å². The van der Waals surface area contributed by atoms with Gasteiger partial charge in [-0.1, -0.05) is 43.3 Å². The number of carbonyl (C=O) groups is 1. The molecule has 0 bridgehead atoms. The fourth-order valence-electron chi connectivity index (χ4n) is 2.58. The summed E-state index contributed by atoms with van der Waals surface area (Å²) in [7, 11) is 0. The van der Waals surface area contributed by atoms with Gasteiger partial charge in [0, 0.05) is 11.1 Å². The molecule has 0 aromatic heterocycles. The number of carboxylic acid groups (broad SMARTS) is 1. The molecule has 0 amide bonds. The summed E-state index contributed by atoms with van der Waals surface area (Å²) in [5.41, 5.74) is -0.926. The molecule has 4 heteroatoms. The standard InChI is InChI=1S/C16H16O4/c1-2-16(15(19)20,11-7-3-5-9-13(11)17)12-8-4-6-10-14(12)18/h3-10,17-18H,2H2,1H3,(H,19,20). The van der Waals surface area contributed by atoms with Crippen molar-refractivity contribution < 1.29 is 20.1 Å². The van der Waals surface area contributed by atoms with Crippen molar-refractivity contribution in [3.63, 3.8) is 0 Å². The molecule has 0 fully saturated rings. The van der Waals surface area contributed by atoms with Crippen LogP contribution in [0.4, 0.5) is 0 Å². The third-order valence-corrected chi connectivity index (χ3v) is 3.62.